The normalized spacial score (nSPS) is 11.2. The van der Waals surface area contributed by atoms with Gasteiger partial charge in [0.1, 0.15) is 5.75 Å². The fourth-order valence-corrected chi connectivity index (χ4v) is 2.11. The van der Waals surface area contributed by atoms with Gasteiger partial charge in [0, 0.05) is 13.8 Å². The van der Waals surface area contributed by atoms with Crippen LogP contribution in [0.4, 0.5) is 5.69 Å². The molecule has 5 heteroatoms. The van der Waals surface area contributed by atoms with E-state index in [1.807, 2.05) is 13.0 Å². The number of benzene rings is 1. The Kier molecular flexibility index (Phi) is 5.41. The minimum absolute atomic E-state index is 0.0605. The van der Waals surface area contributed by atoms with Crippen molar-refractivity contribution in [3.63, 3.8) is 0 Å². The Balaban J connectivity index is 2.32. The standard InChI is InChI=1S/C14H23NO3Si/c1-11-9-12(5-6-13(11)15)18-10-14(16)17-7-8-19(2,3)4/h5-6,9H,7-8,10,15H2,1-4H3. The van der Waals surface area contributed by atoms with Crippen molar-refractivity contribution in [1.82, 2.24) is 0 Å². The third-order valence-electron chi connectivity index (χ3n) is 2.71. The highest BCUT2D eigenvalue weighted by Crippen LogP contribution is 2.18. The lowest BCUT2D eigenvalue weighted by Gasteiger charge is -2.15. The average molecular weight is 281 g/mol. The first-order valence-corrected chi connectivity index (χ1v) is 10.1. The van der Waals surface area contributed by atoms with Crippen LogP contribution in [0.1, 0.15) is 5.56 Å². The van der Waals surface area contributed by atoms with E-state index in [1.165, 1.54) is 0 Å². The van der Waals surface area contributed by atoms with Gasteiger partial charge in [0.2, 0.25) is 0 Å². The number of carbonyl (C=O) groups is 1. The quantitative estimate of drug-likeness (QED) is 0.495. The van der Waals surface area contributed by atoms with Gasteiger partial charge in [-0.3, -0.25) is 0 Å². The summed E-state index contributed by atoms with van der Waals surface area (Å²) in [6.07, 6.45) is 0. The summed E-state index contributed by atoms with van der Waals surface area (Å²) in [5.74, 6) is 0.307. The highest BCUT2D eigenvalue weighted by molar-refractivity contribution is 6.76. The van der Waals surface area contributed by atoms with Gasteiger partial charge in [-0.25, -0.2) is 4.79 Å². The molecule has 0 saturated carbocycles. The Bertz CT molecular complexity index is 441. The molecule has 0 fully saturated rings. The van der Waals surface area contributed by atoms with Crippen molar-refractivity contribution >= 4 is 19.7 Å². The first-order valence-electron chi connectivity index (χ1n) is 6.42. The fourth-order valence-electron chi connectivity index (χ4n) is 1.39. The van der Waals surface area contributed by atoms with Gasteiger partial charge in [-0.2, -0.15) is 0 Å². The van der Waals surface area contributed by atoms with E-state index < -0.39 is 8.07 Å². The number of anilines is 1. The maximum absolute atomic E-state index is 11.5. The zero-order valence-corrected chi connectivity index (χ0v) is 13.2. The van der Waals surface area contributed by atoms with E-state index in [9.17, 15) is 4.79 Å². The summed E-state index contributed by atoms with van der Waals surface area (Å²) in [7, 11) is -1.16. The van der Waals surface area contributed by atoms with Crippen LogP contribution >= 0.6 is 0 Å². The molecule has 1 aromatic carbocycles. The molecule has 0 unspecified atom stereocenters. The van der Waals surface area contributed by atoms with E-state index in [0.717, 1.165) is 11.6 Å². The summed E-state index contributed by atoms with van der Waals surface area (Å²) < 4.78 is 10.5. The van der Waals surface area contributed by atoms with Crippen LogP contribution in [0.3, 0.4) is 0 Å². The van der Waals surface area contributed by atoms with Crippen molar-refractivity contribution in [2.45, 2.75) is 32.6 Å². The van der Waals surface area contributed by atoms with Crippen molar-refractivity contribution in [1.29, 1.82) is 0 Å². The van der Waals surface area contributed by atoms with Crippen molar-refractivity contribution in [3.05, 3.63) is 23.8 Å². The van der Waals surface area contributed by atoms with Crippen LogP contribution in [-0.4, -0.2) is 27.3 Å². The zero-order chi connectivity index (χ0) is 14.5. The highest BCUT2D eigenvalue weighted by Gasteiger charge is 2.14. The molecule has 0 bridgehead atoms. The van der Waals surface area contributed by atoms with E-state index in [2.05, 4.69) is 19.6 Å². The molecule has 2 N–H and O–H groups in total. The fraction of sp³-hybridized carbons (Fsp3) is 0.500. The molecule has 1 rings (SSSR count). The Morgan fingerprint density at radius 2 is 2.00 bits per heavy atom. The van der Waals surface area contributed by atoms with E-state index in [-0.39, 0.29) is 12.6 Å². The van der Waals surface area contributed by atoms with Crippen LogP contribution in [-0.2, 0) is 9.53 Å². The van der Waals surface area contributed by atoms with E-state index >= 15 is 0 Å². The number of hydrogen-bond acceptors (Lipinski definition) is 4. The number of nitrogens with two attached hydrogens (primary N) is 1. The van der Waals surface area contributed by atoms with Crippen LogP contribution in [0.15, 0.2) is 18.2 Å². The third kappa shape index (κ3) is 6.29. The number of esters is 1. The number of rotatable bonds is 6. The van der Waals surface area contributed by atoms with Gasteiger partial charge in [0.25, 0.3) is 0 Å². The maximum Gasteiger partial charge on any atom is 0.344 e. The molecule has 0 heterocycles. The average Bonchev–Trinajstić information content (AvgIpc) is 2.29. The van der Waals surface area contributed by atoms with Crippen LogP contribution in [0.5, 0.6) is 5.75 Å². The number of aryl methyl sites for hydroxylation is 1. The summed E-state index contributed by atoms with van der Waals surface area (Å²) in [5, 5.41) is 0. The lowest BCUT2D eigenvalue weighted by atomic mass is 10.2. The SMILES string of the molecule is Cc1cc(OCC(=O)OCC[Si](C)(C)C)ccc1N. The van der Waals surface area contributed by atoms with Crippen molar-refractivity contribution in [2.75, 3.05) is 18.9 Å². The number of carbonyl (C=O) groups excluding carboxylic acids is 1. The number of ether oxygens (including phenoxy) is 2. The summed E-state index contributed by atoms with van der Waals surface area (Å²) in [6.45, 7) is 9.06. The van der Waals surface area contributed by atoms with E-state index in [4.69, 9.17) is 15.2 Å². The third-order valence-corrected chi connectivity index (χ3v) is 4.42. The van der Waals surface area contributed by atoms with Gasteiger partial charge in [-0.1, -0.05) is 19.6 Å². The second-order valence-corrected chi connectivity index (χ2v) is 11.5. The Labute approximate surface area is 115 Å². The molecule has 0 aliphatic carbocycles. The van der Waals surface area contributed by atoms with E-state index in [1.54, 1.807) is 12.1 Å². The van der Waals surface area contributed by atoms with Crippen LogP contribution in [0, 0.1) is 6.92 Å². The number of nitrogen functional groups attached to an aromatic ring is 1. The van der Waals surface area contributed by atoms with Crippen molar-refractivity contribution in [2.24, 2.45) is 0 Å². The molecule has 0 atom stereocenters. The van der Waals surface area contributed by atoms with Crippen LogP contribution in [0.25, 0.3) is 0 Å². The summed E-state index contributed by atoms with van der Waals surface area (Å²) in [4.78, 5) is 11.5. The first-order chi connectivity index (χ1) is 8.78. The lowest BCUT2D eigenvalue weighted by molar-refractivity contribution is -0.145. The predicted molar refractivity (Wildman–Crippen MR) is 80.2 cm³/mol. The minimum Gasteiger partial charge on any atom is -0.482 e. The van der Waals surface area contributed by atoms with Gasteiger partial charge in [0.05, 0.1) is 6.61 Å². The van der Waals surface area contributed by atoms with Crippen LogP contribution < -0.4 is 10.5 Å². The largest absolute Gasteiger partial charge is 0.482 e. The first kappa shape index (κ1) is 15.6. The molecule has 1 aromatic rings. The smallest absolute Gasteiger partial charge is 0.344 e. The minimum atomic E-state index is -1.16. The molecule has 106 valence electrons. The van der Waals surface area contributed by atoms with Gasteiger partial charge >= 0.3 is 5.97 Å². The summed E-state index contributed by atoms with van der Waals surface area (Å²) in [5.41, 5.74) is 7.36. The topological polar surface area (TPSA) is 61.5 Å². The molecular formula is C14H23NO3Si. The van der Waals surface area contributed by atoms with Crippen molar-refractivity contribution < 1.29 is 14.3 Å². The van der Waals surface area contributed by atoms with Gasteiger partial charge in [-0.15, -0.1) is 0 Å². The predicted octanol–water partition coefficient (Wildman–Crippen LogP) is 2.84. The zero-order valence-electron chi connectivity index (χ0n) is 12.2. The molecule has 0 aromatic heterocycles. The highest BCUT2D eigenvalue weighted by atomic mass is 28.3. The number of hydrogen-bond donors (Lipinski definition) is 1. The second-order valence-electron chi connectivity index (χ2n) is 5.84. The molecule has 0 aliphatic heterocycles. The van der Waals surface area contributed by atoms with Gasteiger partial charge < -0.3 is 15.2 Å². The Hall–Kier alpha value is -1.49. The van der Waals surface area contributed by atoms with Gasteiger partial charge in [0.15, 0.2) is 6.61 Å². The second kappa shape index (κ2) is 6.61. The molecule has 0 saturated heterocycles. The van der Waals surface area contributed by atoms with E-state index in [0.29, 0.717) is 18.0 Å². The molecule has 0 radical (unpaired) electrons. The molecule has 0 spiro atoms. The molecular weight excluding hydrogens is 258 g/mol. The van der Waals surface area contributed by atoms with Crippen LogP contribution in [0.2, 0.25) is 25.7 Å². The molecule has 19 heavy (non-hydrogen) atoms. The van der Waals surface area contributed by atoms with Gasteiger partial charge in [-0.05, 0) is 36.7 Å². The Morgan fingerprint density at radius 3 is 2.58 bits per heavy atom. The molecule has 0 amide bonds. The Morgan fingerprint density at radius 1 is 1.32 bits per heavy atom. The maximum atomic E-state index is 11.5. The van der Waals surface area contributed by atoms with Crippen molar-refractivity contribution in [3.8, 4) is 5.75 Å². The summed E-state index contributed by atoms with van der Waals surface area (Å²) >= 11 is 0. The molecule has 4 nitrogen and oxygen atoms in total. The monoisotopic (exact) mass is 281 g/mol. The molecule has 0 aliphatic rings. The lowest BCUT2D eigenvalue weighted by Crippen LogP contribution is -2.24. The summed E-state index contributed by atoms with van der Waals surface area (Å²) in [6, 6.07) is 6.29.